The highest BCUT2D eigenvalue weighted by atomic mass is 16.5. The molecule has 0 saturated carbocycles. The molecule has 0 spiro atoms. The molecule has 0 aromatic heterocycles. The minimum absolute atomic E-state index is 0.0653. The second-order valence-corrected chi connectivity index (χ2v) is 4.73. The first kappa shape index (κ1) is 14.4. The normalized spacial score (nSPS) is 26.7. The fourth-order valence-electron chi connectivity index (χ4n) is 1.65. The molecule has 2 atom stereocenters. The number of carboxylic acid groups (broad SMARTS) is 1. The molecular formula is C11H18N2O5. The van der Waals surface area contributed by atoms with Gasteiger partial charge in [-0.25, -0.2) is 0 Å². The number of ether oxygens (including phenoxy) is 1. The van der Waals surface area contributed by atoms with E-state index in [0.29, 0.717) is 0 Å². The molecule has 1 rings (SSSR count). The summed E-state index contributed by atoms with van der Waals surface area (Å²) in [4.78, 5) is 35.1. The van der Waals surface area contributed by atoms with E-state index in [1.807, 2.05) is 0 Å². The standard InChI is InChI=1S/C11H18N2O5/c1-7(14)13(3)4-9(15)12-8-5-18-6-11(8,2)10(16)17/h8H,4-6H2,1-3H3,(H,12,15)(H,16,17). The molecule has 7 nitrogen and oxygen atoms in total. The third-order valence-corrected chi connectivity index (χ3v) is 3.20. The average Bonchev–Trinajstić information content (AvgIpc) is 2.61. The van der Waals surface area contributed by atoms with E-state index in [-0.39, 0.29) is 25.7 Å². The van der Waals surface area contributed by atoms with Crippen LogP contribution in [0, 0.1) is 5.41 Å². The van der Waals surface area contributed by atoms with Gasteiger partial charge in [0.2, 0.25) is 11.8 Å². The second kappa shape index (κ2) is 5.34. The van der Waals surface area contributed by atoms with Gasteiger partial charge in [-0.15, -0.1) is 0 Å². The first-order chi connectivity index (χ1) is 8.27. The van der Waals surface area contributed by atoms with E-state index in [9.17, 15) is 14.4 Å². The van der Waals surface area contributed by atoms with Gasteiger partial charge < -0.3 is 20.1 Å². The number of nitrogens with one attached hydrogen (secondary N) is 1. The van der Waals surface area contributed by atoms with Crippen LogP contribution in [-0.4, -0.2) is 60.6 Å². The molecule has 1 aliphatic rings. The van der Waals surface area contributed by atoms with E-state index in [1.54, 1.807) is 0 Å². The lowest BCUT2D eigenvalue weighted by Crippen LogP contribution is -2.51. The zero-order chi connectivity index (χ0) is 13.9. The van der Waals surface area contributed by atoms with Gasteiger partial charge in [0.05, 0.1) is 25.8 Å². The van der Waals surface area contributed by atoms with E-state index < -0.39 is 23.3 Å². The SMILES string of the molecule is CC(=O)N(C)CC(=O)NC1COCC1(C)C(=O)O. The van der Waals surface area contributed by atoms with Crippen molar-refractivity contribution >= 4 is 17.8 Å². The molecule has 1 heterocycles. The second-order valence-electron chi connectivity index (χ2n) is 4.73. The van der Waals surface area contributed by atoms with Gasteiger partial charge in [-0.3, -0.25) is 14.4 Å². The van der Waals surface area contributed by atoms with Crippen LogP contribution in [0.1, 0.15) is 13.8 Å². The summed E-state index contributed by atoms with van der Waals surface area (Å²) in [7, 11) is 1.50. The fraction of sp³-hybridized carbons (Fsp3) is 0.727. The molecule has 1 aliphatic heterocycles. The number of aliphatic carboxylic acids is 1. The van der Waals surface area contributed by atoms with Gasteiger partial charge in [0.25, 0.3) is 0 Å². The smallest absolute Gasteiger partial charge is 0.313 e. The fourth-order valence-corrected chi connectivity index (χ4v) is 1.65. The molecule has 7 heteroatoms. The maximum Gasteiger partial charge on any atom is 0.313 e. The topological polar surface area (TPSA) is 95.9 Å². The van der Waals surface area contributed by atoms with Crippen LogP contribution < -0.4 is 5.32 Å². The van der Waals surface area contributed by atoms with Crippen molar-refractivity contribution in [1.29, 1.82) is 0 Å². The lowest BCUT2D eigenvalue weighted by molar-refractivity contribution is -0.149. The van der Waals surface area contributed by atoms with Crippen molar-refractivity contribution in [2.45, 2.75) is 19.9 Å². The third-order valence-electron chi connectivity index (χ3n) is 3.20. The highest BCUT2D eigenvalue weighted by Crippen LogP contribution is 2.28. The largest absolute Gasteiger partial charge is 0.481 e. The number of carbonyl (C=O) groups excluding carboxylic acids is 2. The van der Waals surface area contributed by atoms with Crippen molar-refractivity contribution in [3.05, 3.63) is 0 Å². The first-order valence-corrected chi connectivity index (χ1v) is 5.59. The highest BCUT2D eigenvalue weighted by Gasteiger charge is 2.47. The number of nitrogens with zero attached hydrogens (tertiary/aromatic N) is 1. The lowest BCUT2D eigenvalue weighted by Gasteiger charge is -2.26. The van der Waals surface area contributed by atoms with Gasteiger partial charge in [-0.1, -0.05) is 0 Å². The molecule has 0 radical (unpaired) electrons. The van der Waals surface area contributed by atoms with Gasteiger partial charge >= 0.3 is 5.97 Å². The summed E-state index contributed by atoms with van der Waals surface area (Å²) in [6, 6.07) is -0.581. The van der Waals surface area contributed by atoms with Crippen LogP contribution >= 0.6 is 0 Å². The quantitative estimate of drug-likeness (QED) is 0.679. The van der Waals surface area contributed by atoms with Crippen LogP contribution in [0.25, 0.3) is 0 Å². The number of hydrogen-bond acceptors (Lipinski definition) is 4. The lowest BCUT2D eigenvalue weighted by atomic mass is 9.85. The summed E-state index contributed by atoms with van der Waals surface area (Å²) in [5.74, 6) is -1.63. The predicted octanol–water partition coefficient (Wildman–Crippen LogP) is -0.929. The average molecular weight is 258 g/mol. The Labute approximate surface area is 105 Å². The van der Waals surface area contributed by atoms with E-state index in [2.05, 4.69) is 5.32 Å². The Bertz CT molecular complexity index is 370. The Balaban J connectivity index is 2.59. The van der Waals surface area contributed by atoms with Gasteiger partial charge in [0.1, 0.15) is 5.41 Å². The Kier molecular flexibility index (Phi) is 4.28. The summed E-state index contributed by atoms with van der Waals surface area (Å²) in [5.41, 5.74) is -1.12. The highest BCUT2D eigenvalue weighted by molar-refractivity contribution is 5.85. The van der Waals surface area contributed by atoms with Crippen molar-refractivity contribution in [1.82, 2.24) is 10.2 Å². The summed E-state index contributed by atoms with van der Waals surface area (Å²) < 4.78 is 5.11. The monoisotopic (exact) mass is 258 g/mol. The van der Waals surface area contributed by atoms with Crippen LogP contribution in [0.5, 0.6) is 0 Å². The van der Waals surface area contributed by atoms with E-state index >= 15 is 0 Å². The van der Waals surface area contributed by atoms with Gasteiger partial charge in [-0.05, 0) is 6.92 Å². The van der Waals surface area contributed by atoms with E-state index in [1.165, 1.54) is 25.8 Å². The molecule has 1 fully saturated rings. The summed E-state index contributed by atoms with van der Waals surface area (Å²) in [5, 5.41) is 11.7. The van der Waals surface area contributed by atoms with Gasteiger partial charge in [-0.2, -0.15) is 0 Å². The van der Waals surface area contributed by atoms with Gasteiger partial charge in [0, 0.05) is 14.0 Å². The molecule has 0 aliphatic carbocycles. The maximum atomic E-state index is 11.7. The van der Waals surface area contributed by atoms with Crippen LogP contribution in [0.3, 0.4) is 0 Å². The number of hydrogen-bond donors (Lipinski definition) is 2. The molecule has 1 saturated heterocycles. The zero-order valence-corrected chi connectivity index (χ0v) is 10.7. The Morgan fingerprint density at radius 2 is 2.11 bits per heavy atom. The number of amides is 2. The molecule has 0 aromatic carbocycles. The van der Waals surface area contributed by atoms with Crippen molar-refractivity contribution in [2.24, 2.45) is 5.41 Å². The van der Waals surface area contributed by atoms with Crippen molar-refractivity contribution in [3.63, 3.8) is 0 Å². The molecule has 102 valence electrons. The van der Waals surface area contributed by atoms with E-state index in [0.717, 1.165) is 0 Å². The number of carboxylic acids is 1. The minimum Gasteiger partial charge on any atom is -0.481 e. The summed E-state index contributed by atoms with van der Waals surface area (Å²) in [6.45, 7) is 3.02. The minimum atomic E-state index is -1.12. The Hall–Kier alpha value is -1.63. The molecule has 0 aromatic rings. The molecule has 18 heavy (non-hydrogen) atoms. The number of rotatable bonds is 4. The summed E-state index contributed by atoms with van der Waals surface area (Å²) in [6.07, 6.45) is 0. The van der Waals surface area contributed by atoms with Crippen molar-refractivity contribution in [2.75, 3.05) is 26.8 Å². The van der Waals surface area contributed by atoms with Crippen LogP contribution in [-0.2, 0) is 19.1 Å². The molecular weight excluding hydrogens is 240 g/mol. The third kappa shape index (κ3) is 2.98. The van der Waals surface area contributed by atoms with Crippen LogP contribution in [0.15, 0.2) is 0 Å². The maximum absolute atomic E-state index is 11.7. The Morgan fingerprint density at radius 1 is 1.50 bits per heavy atom. The Morgan fingerprint density at radius 3 is 2.61 bits per heavy atom. The van der Waals surface area contributed by atoms with E-state index in [4.69, 9.17) is 9.84 Å². The molecule has 2 unspecified atom stereocenters. The molecule has 2 N–H and O–H groups in total. The number of likely N-dealkylation sites (N-methyl/N-ethyl adjacent to an activating group) is 1. The molecule has 0 bridgehead atoms. The van der Waals surface area contributed by atoms with Crippen LogP contribution in [0.4, 0.5) is 0 Å². The van der Waals surface area contributed by atoms with Crippen molar-refractivity contribution < 1.29 is 24.2 Å². The predicted molar refractivity (Wildman–Crippen MR) is 61.8 cm³/mol. The first-order valence-electron chi connectivity index (χ1n) is 5.59. The molecule has 2 amide bonds. The summed E-state index contributed by atoms with van der Waals surface area (Å²) >= 11 is 0. The van der Waals surface area contributed by atoms with Gasteiger partial charge in [0.15, 0.2) is 0 Å². The zero-order valence-electron chi connectivity index (χ0n) is 10.7. The number of carbonyl (C=O) groups is 3. The van der Waals surface area contributed by atoms with Crippen LogP contribution in [0.2, 0.25) is 0 Å². The van der Waals surface area contributed by atoms with Crippen molar-refractivity contribution in [3.8, 4) is 0 Å².